The van der Waals surface area contributed by atoms with Crippen LogP contribution in [-0.2, 0) is 0 Å². The van der Waals surface area contributed by atoms with E-state index in [0.29, 0.717) is 5.11 Å². The lowest BCUT2D eigenvalue weighted by molar-refractivity contribution is 0.755. The summed E-state index contributed by atoms with van der Waals surface area (Å²) < 4.78 is 0. The molecule has 0 saturated carbocycles. The maximum atomic E-state index is 5.48. The van der Waals surface area contributed by atoms with Crippen LogP contribution in [0.4, 0.5) is 11.4 Å². The molecule has 0 amide bonds. The third-order valence-corrected chi connectivity index (χ3v) is 4.66. The van der Waals surface area contributed by atoms with Crippen LogP contribution in [0.3, 0.4) is 0 Å². The number of hydrogen-bond acceptors (Lipinski definition) is 2. The fraction of sp³-hybridized carbons (Fsp3) is 0.174. The number of thiocarbonyl (C=S) groups is 1. The molecule has 0 aliphatic heterocycles. The minimum Gasteiger partial charge on any atom is -0.375 e. The Kier molecular flexibility index (Phi) is 6.83. The first-order valence-electron chi connectivity index (χ1n) is 9.19. The van der Waals surface area contributed by atoms with Crippen LogP contribution in [0.2, 0.25) is 0 Å². The summed E-state index contributed by atoms with van der Waals surface area (Å²) in [5.74, 6) is 0. The fourth-order valence-corrected chi connectivity index (χ4v) is 3.17. The lowest BCUT2D eigenvalue weighted by atomic mass is 10.0. The Morgan fingerprint density at radius 2 is 1.48 bits per heavy atom. The molecule has 27 heavy (non-hydrogen) atoms. The van der Waals surface area contributed by atoms with Crippen LogP contribution < -0.4 is 15.5 Å². The summed E-state index contributed by atoms with van der Waals surface area (Å²) in [4.78, 5) is 2.25. The number of benzene rings is 3. The van der Waals surface area contributed by atoms with Gasteiger partial charge in [-0.3, -0.25) is 0 Å². The molecule has 4 heteroatoms. The molecule has 0 heterocycles. The van der Waals surface area contributed by atoms with Crippen molar-refractivity contribution in [3.05, 3.63) is 84.9 Å². The smallest absolute Gasteiger partial charge is 0.170 e. The van der Waals surface area contributed by atoms with E-state index >= 15 is 0 Å². The van der Waals surface area contributed by atoms with Crippen molar-refractivity contribution < 1.29 is 0 Å². The molecule has 0 bridgehead atoms. The van der Waals surface area contributed by atoms with E-state index in [1.807, 2.05) is 36.4 Å². The van der Waals surface area contributed by atoms with Gasteiger partial charge in [0.05, 0.1) is 0 Å². The van der Waals surface area contributed by atoms with E-state index in [0.717, 1.165) is 30.8 Å². The molecule has 3 rings (SSSR count). The van der Waals surface area contributed by atoms with E-state index in [4.69, 9.17) is 12.2 Å². The van der Waals surface area contributed by atoms with Crippen LogP contribution in [0.15, 0.2) is 84.9 Å². The molecule has 0 saturated heterocycles. The van der Waals surface area contributed by atoms with E-state index in [1.165, 1.54) is 11.3 Å². The molecule has 3 aromatic rings. The highest BCUT2D eigenvalue weighted by Crippen LogP contribution is 2.27. The van der Waals surface area contributed by atoms with Crippen LogP contribution in [0.1, 0.15) is 6.42 Å². The number of anilines is 2. The Balaban J connectivity index is 1.49. The van der Waals surface area contributed by atoms with Gasteiger partial charge in [0.1, 0.15) is 0 Å². The molecular weight excluding hydrogens is 350 g/mol. The minimum absolute atomic E-state index is 0.653. The van der Waals surface area contributed by atoms with E-state index in [-0.39, 0.29) is 0 Å². The maximum Gasteiger partial charge on any atom is 0.170 e. The van der Waals surface area contributed by atoms with Crippen molar-refractivity contribution in [3.63, 3.8) is 0 Å². The van der Waals surface area contributed by atoms with Gasteiger partial charge in [0.15, 0.2) is 5.11 Å². The van der Waals surface area contributed by atoms with Crippen LogP contribution in [0, 0.1) is 0 Å². The van der Waals surface area contributed by atoms with Crippen molar-refractivity contribution in [1.82, 2.24) is 5.32 Å². The van der Waals surface area contributed by atoms with Gasteiger partial charge in [-0.1, -0.05) is 66.7 Å². The summed E-state index contributed by atoms with van der Waals surface area (Å²) in [5, 5.41) is 7.30. The van der Waals surface area contributed by atoms with Gasteiger partial charge in [-0.05, 0) is 42.4 Å². The number of nitrogens with zero attached hydrogens (tertiary/aromatic N) is 1. The van der Waals surface area contributed by atoms with Gasteiger partial charge in [-0.25, -0.2) is 0 Å². The predicted molar refractivity (Wildman–Crippen MR) is 120 cm³/mol. The third kappa shape index (κ3) is 5.56. The van der Waals surface area contributed by atoms with Crippen molar-refractivity contribution in [2.75, 3.05) is 30.4 Å². The first kappa shape index (κ1) is 18.9. The average molecular weight is 376 g/mol. The highest BCUT2D eigenvalue weighted by Gasteiger charge is 2.06. The van der Waals surface area contributed by atoms with Gasteiger partial charge in [0.25, 0.3) is 0 Å². The largest absolute Gasteiger partial charge is 0.375 e. The SMILES string of the molecule is CN(CCCNC(=S)Nc1ccccc1-c1ccccc1)c1ccccc1. The second-order valence-corrected chi connectivity index (χ2v) is 6.81. The molecule has 0 atom stereocenters. The zero-order valence-electron chi connectivity index (χ0n) is 15.6. The second-order valence-electron chi connectivity index (χ2n) is 6.40. The van der Waals surface area contributed by atoms with Crippen molar-refractivity contribution in [2.45, 2.75) is 6.42 Å². The molecule has 0 aliphatic rings. The van der Waals surface area contributed by atoms with Gasteiger partial charge in [-0.15, -0.1) is 0 Å². The average Bonchev–Trinajstić information content (AvgIpc) is 2.73. The third-order valence-electron chi connectivity index (χ3n) is 4.41. The Morgan fingerprint density at radius 1 is 0.852 bits per heavy atom. The number of hydrogen-bond donors (Lipinski definition) is 2. The van der Waals surface area contributed by atoms with Crippen molar-refractivity contribution in [3.8, 4) is 11.1 Å². The monoisotopic (exact) mass is 375 g/mol. The van der Waals surface area contributed by atoms with E-state index < -0.39 is 0 Å². The molecule has 138 valence electrons. The molecule has 2 N–H and O–H groups in total. The number of rotatable bonds is 7. The quantitative estimate of drug-likeness (QED) is 0.440. The number of nitrogens with one attached hydrogen (secondary N) is 2. The molecule has 0 fully saturated rings. The fourth-order valence-electron chi connectivity index (χ4n) is 2.96. The summed E-state index contributed by atoms with van der Waals surface area (Å²) in [5.41, 5.74) is 4.57. The van der Waals surface area contributed by atoms with E-state index in [1.54, 1.807) is 0 Å². The Labute approximate surface area is 167 Å². The first-order valence-corrected chi connectivity index (χ1v) is 9.60. The van der Waals surface area contributed by atoms with Gasteiger partial charge in [-0.2, -0.15) is 0 Å². The summed E-state index contributed by atoms with van der Waals surface area (Å²) >= 11 is 5.48. The molecule has 3 nitrogen and oxygen atoms in total. The van der Waals surface area contributed by atoms with Crippen LogP contribution in [0.25, 0.3) is 11.1 Å². The predicted octanol–water partition coefficient (Wildman–Crippen LogP) is 5.17. The van der Waals surface area contributed by atoms with Crippen LogP contribution in [-0.4, -0.2) is 25.2 Å². The highest BCUT2D eigenvalue weighted by molar-refractivity contribution is 7.80. The Bertz CT molecular complexity index is 850. The van der Waals surface area contributed by atoms with E-state index in [2.05, 4.69) is 71.1 Å². The minimum atomic E-state index is 0.653. The Morgan fingerprint density at radius 3 is 2.22 bits per heavy atom. The summed E-state index contributed by atoms with van der Waals surface area (Å²) in [6, 6.07) is 29.0. The zero-order chi connectivity index (χ0) is 18.9. The molecule has 0 aromatic heterocycles. The lowest BCUT2D eigenvalue weighted by Gasteiger charge is -2.19. The van der Waals surface area contributed by atoms with Gasteiger partial charge in [0.2, 0.25) is 0 Å². The second kappa shape index (κ2) is 9.74. The lowest BCUT2D eigenvalue weighted by Crippen LogP contribution is -2.31. The highest BCUT2D eigenvalue weighted by atomic mass is 32.1. The topological polar surface area (TPSA) is 27.3 Å². The molecule has 0 radical (unpaired) electrons. The Hall–Kier alpha value is -2.85. The maximum absolute atomic E-state index is 5.48. The van der Waals surface area contributed by atoms with Crippen molar-refractivity contribution in [1.29, 1.82) is 0 Å². The standard InChI is InChI=1S/C23H25N3S/c1-26(20-13-6-3-7-14-20)18-10-17-24-23(27)25-22-16-9-8-15-21(22)19-11-4-2-5-12-19/h2-9,11-16H,10,17-18H2,1H3,(H2,24,25,27). The van der Waals surface area contributed by atoms with Gasteiger partial charge in [0, 0.05) is 37.1 Å². The molecule has 0 aliphatic carbocycles. The van der Waals surface area contributed by atoms with Gasteiger partial charge < -0.3 is 15.5 Å². The number of para-hydroxylation sites is 2. The molecule has 3 aromatic carbocycles. The molecular formula is C23H25N3S. The zero-order valence-corrected chi connectivity index (χ0v) is 16.4. The summed E-state index contributed by atoms with van der Waals surface area (Å²) in [6.07, 6.45) is 1.01. The van der Waals surface area contributed by atoms with Crippen molar-refractivity contribution in [2.24, 2.45) is 0 Å². The van der Waals surface area contributed by atoms with E-state index in [9.17, 15) is 0 Å². The van der Waals surface area contributed by atoms with Crippen molar-refractivity contribution >= 4 is 28.7 Å². The van der Waals surface area contributed by atoms with Gasteiger partial charge >= 0.3 is 0 Å². The summed E-state index contributed by atoms with van der Waals surface area (Å²) in [6.45, 7) is 1.80. The first-order chi connectivity index (χ1) is 13.2. The summed E-state index contributed by atoms with van der Waals surface area (Å²) in [7, 11) is 2.11. The molecule has 0 unspecified atom stereocenters. The van der Waals surface area contributed by atoms with Crippen LogP contribution >= 0.6 is 12.2 Å². The normalized spacial score (nSPS) is 10.3. The molecule has 0 spiro atoms. The van der Waals surface area contributed by atoms with Crippen LogP contribution in [0.5, 0.6) is 0 Å².